The van der Waals surface area contributed by atoms with E-state index in [-0.39, 0.29) is 5.91 Å². The molecule has 0 radical (unpaired) electrons. The first kappa shape index (κ1) is 20.8. The number of nitrogens with zero attached hydrogens (tertiary/aromatic N) is 6. The third-order valence-corrected chi connectivity index (χ3v) is 5.35. The van der Waals surface area contributed by atoms with Crippen molar-refractivity contribution in [3.05, 3.63) is 84.6 Å². The number of carbonyl (C=O) groups excluding carboxylic acids is 1. The average Bonchev–Trinajstić information content (AvgIpc) is 3.43. The molecular formula is C24H23N7O2. The summed E-state index contributed by atoms with van der Waals surface area (Å²) in [7, 11) is 0. The van der Waals surface area contributed by atoms with Crippen LogP contribution in [0.3, 0.4) is 0 Å². The molecule has 0 spiro atoms. The summed E-state index contributed by atoms with van der Waals surface area (Å²) in [6, 6.07) is 13.6. The fourth-order valence-corrected chi connectivity index (χ4v) is 3.65. The van der Waals surface area contributed by atoms with Crippen molar-refractivity contribution in [2.75, 3.05) is 31.6 Å². The molecule has 9 nitrogen and oxygen atoms in total. The molecule has 1 N–H and O–H groups in total. The van der Waals surface area contributed by atoms with Crippen LogP contribution >= 0.6 is 0 Å². The highest BCUT2D eigenvalue weighted by Crippen LogP contribution is 2.19. The van der Waals surface area contributed by atoms with Gasteiger partial charge in [-0.1, -0.05) is 12.1 Å². The first-order valence-corrected chi connectivity index (χ1v) is 10.7. The molecule has 4 aromatic rings. The minimum absolute atomic E-state index is 0.0565. The molecule has 0 aliphatic carbocycles. The smallest absolute Gasteiger partial charge is 0.255 e. The zero-order valence-corrected chi connectivity index (χ0v) is 18.0. The molecule has 0 bridgehead atoms. The van der Waals surface area contributed by atoms with Gasteiger partial charge in [0.25, 0.3) is 5.91 Å². The summed E-state index contributed by atoms with van der Waals surface area (Å²) in [4.78, 5) is 27.8. The van der Waals surface area contributed by atoms with Crippen LogP contribution in [-0.2, 0) is 11.3 Å². The van der Waals surface area contributed by atoms with E-state index in [1.807, 2.05) is 41.2 Å². The lowest BCUT2D eigenvalue weighted by atomic mass is 10.1. The quantitative estimate of drug-likeness (QED) is 0.491. The SMILES string of the molecule is O=C(c1cncc(-c2nccc(NCc3cccc(-n4cccn4)c3)n2)c1)N1CCOCC1. The molecule has 3 aromatic heterocycles. The van der Waals surface area contributed by atoms with E-state index in [4.69, 9.17) is 4.74 Å². The number of hydrogen-bond donors (Lipinski definition) is 1. The first-order chi connectivity index (χ1) is 16.3. The van der Waals surface area contributed by atoms with Gasteiger partial charge in [0.15, 0.2) is 5.82 Å². The summed E-state index contributed by atoms with van der Waals surface area (Å²) in [6.07, 6.45) is 8.61. The van der Waals surface area contributed by atoms with Crippen LogP contribution in [0.2, 0.25) is 0 Å². The first-order valence-electron chi connectivity index (χ1n) is 10.7. The Morgan fingerprint density at radius 1 is 1.06 bits per heavy atom. The summed E-state index contributed by atoms with van der Waals surface area (Å²) in [5.74, 6) is 1.14. The van der Waals surface area contributed by atoms with Crippen molar-refractivity contribution in [3.63, 3.8) is 0 Å². The Labute approximate surface area is 191 Å². The van der Waals surface area contributed by atoms with Gasteiger partial charge in [-0.2, -0.15) is 5.10 Å². The van der Waals surface area contributed by atoms with Crippen molar-refractivity contribution in [2.24, 2.45) is 0 Å². The van der Waals surface area contributed by atoms with E-state index in [1.54, 1.807) is 35.8 Å². The third-order valence-electron chi connectivity index (χ3n) is 5.35. The van der Waals surface area contributed by atoms with Crippen molar-refractivity contribution in [2.45, 2.75) is 6.54 Å². The lowest BCUT2D eigenvalue weighted by Gasteiger charge is -2.26. The zero-order valence-electron chi connectivity index (χ0n) is 18.0. The second kappa shape index (κ2) is 9.58. The molecule has 0 atom stereocenters. The molecular weight excluding hydrogens is 418 g/mol. The standard InChI is InChI=1S/C24H23N7O2/c32-24(30-9-11-33-12-10-30)20-14-19(16-25-17-20)23-26-7-5-22(29-23)27-15-18-3-1-4-21(13-18)31-8-2-6-28-31/h1-8,13-14,16-17H,9-12,15H2,(H,26,27,29). The predicted molar refractivity (Wildman–Crippen MR) is 123 cm³/mol. The number of nitrogens with one attached hydrogen (secondary N) is 1. The van der Waals surface area contributed by atoms with Crippen molar-refractivity contribution in [1.82, 2.24) is 29.6 Å². The number of benzene rings is 1. The van der Waals surface area contributed by atoms with Gasteiger partial charge in [-0.25, -0.2) is 14.6 Å². The van der Waals surface area contributed by atoms with Gasteiger partial charge in [0.1, 0.15) is 5.82 Å². The minimum Gasteiger partial charge on any atom is -0.378 e. The Kier molecular flexibility index (Phi) is 6.03. The number of morpholine rings is 1. The van der Waals surface area contributed by atoms with Crippen LogP contribution in [0.25, 0.3) is 17.1 Å². The molecule has 5 rings (SSSR count). The number of carbonyl (C=O) groups is 1. The number of pyridine rings is 1. The average molecular weight is 441 g/mol. The van der Waals surface area contributed by atoms with E-state index in [2.05, 4.69) is 31.4 Å². The fourth-order valence-electron chi connectivity index (χ4n) is 3.65. The number of rotatable bonds is 6. The van der Waals surface area contributed by atoms with E-state index in [9.17, 15) is 4.79 Å². The summed E-state index contributed by atoms with van der Waals surface area (Å²) in [5, 5.41) is 7.62. The van der Waals surface area contributed by atoms with Crippen LogP contribution in [0.1, 0.15) is 15.9 Å². The highest BCUT2D eigenvalue weighted by atomic mass is 16.5. The highest BCUT2D eigenvalue weighted by Gasteiger charge is 2.19. The van der Waals surface area contributed by atoms with E-state index in [0.717, 1.165) is 11.3 Å². The van der Waals surface area contributed by atoms with Gasteiger partial charge in [0.05, 0.1) is 24.5 Å². The molecule has 1 amide bonds. The Morgan fingerprint density at radius 3 is 2.82 bits per heavy atom. The van der Waals surface area contributed by atoms with Crippen LogP contribution in [-0.4, -0.2) is 61.8 Å². The third kappa shape index (κ3) is 4.88. The summed E-state index contributed by atoms with van der Waals surface area (Å²) in [6.45, 7) is 2.88. The Bertz CT molecular complexity index is 1240. The van der Waals surface area contributed by atoms with E-state index in [1.165, 1.54) is 0 Å². The molecule has 166 valence electrons. The van der Waals surface area contributed by atoms with Crippen LogP contribution in [0.5, 0.6) is 0 Å². The monoisotopic (exact) mass is 441 g/mol. The molecule has 4 heterocycles. The summed E-state index contributed by atoms with van der Waals surface area (Å²) < 4.78 is 7.16. The van der Waals surface area contributed by atoms with Gasteiger partial charge >= 0.3 is 0 Å². The Morgan fingerprint density at radius 2 is 1.97 bits per heavy atom. The van der Waals surface area contributed by atoms with Crippen LogP contribution in [0.4, 0.5) is 5.82 Å². The van der Waals surface area contributed by atoms with Crippen molar-refractivity contribution >= 4 is 11.7 Å². The van der Waals surface area contributed by atoms with E-state index < -0.39 is 0 Å². The topological polar surface area (TPSA) is 98.1 Å². The molecule has 1 aliphatic rings. The predicted octanol–water partition coefficient (Wildman–Crippen LogP) is 2.81. The Hall–Kier alpha value is -4.11. The molecule has 1 fully saturated rings. The van der Waals surface area contributed by atoms with Gasteiger partial charge < -0.3 is 15.0 Å². The van der Waals surface area contributed by atoms with Gasteiger partial charge in [-0.05, 0) is 35.9 Å². The van der Waals surface area contributed by atoms with Crippen LogP contribution < -0.4 is 5.32 Å². The Balaban J connectivity index is 1.30. The molecule has 9 heteroatoms. The molecule has 1 saturated heterocycles. The lowest BCUT2D eigenvalue weighted by molar-refractivity contribution is 0.0302. The second-order valence-electron chi connectivity index (χ2n) is 7.61. The number of ether oxygens (including phenoxy) is 1. The number of aromatic nitrogens is 5. The number of anilines is 1. The highest BCUT2D eigenvalue weighted by molar-refractivity contribution is 5.95. The van der Waals surface area contributed by atoms with Crippen molar-refractivity contribution in [1.29, 1.82) is 0 Å². The van der Waals surface area contributed by atoms with E-state index in [0.29, 0.717) is 55.6 Å². The zero-order chi connectivity index (χ0) is 22.5. The number of amides is 1. The lowest BCUT2D eigenvalue weighted by Crippen LogP contribution is -2.40. The fraction of sp³-hybridized carbons (Fsp3) is 0.208. The second-order valence-corrected chi connectivity index (χ2v) is 7.61. The molecule has 0 saturated carbocycles. The maximum Gasteiger partial charge on any atom is 0.255 e. The number of hydrogen-bond acceptors (Lipinski definition) is 7. The molecule has 0 unspecified atom stereocenters. The van der Waals surface area contributed by atoms with Gasteiger partial charge in [0.2, 0.25) is 0 Å². The molecule has 1 aliphatic heterocycles. The van der Waals surface area contributed by atoms with Gasteiger partial charge in [-0.3, -0.25) is 9.78 Å². The van der Waals surface area contributed by atoms with Crippen molar-refractivity contribution < 1.29 is 9.53 Å². The maximum atomic E-state index is 12.8. The molecule has 33 heavy (non-hydrogen) atoms. The maximum absolute atomic E-state index is 12.8. The largest absolute Gasteiger partial charge is 0.378 e. The van der Waals surface area contributed by atoms with Gasteiger partial charge in [0, 0.05) is 56.2 Å². The van der Waals surface area contributed by atoms with E-state index >= 15 is 0 Å². The van der Waals surface area contributed by atoms with Crippen LogP contribution in [0.15, 0.2) is 73.4 Å². The normalized spacial score (nSPS) is 13.6. The van der Waals surface area contributed by atoms with Crippen LogP contribution in [0, 0.1) is 0 Å². The summed E-state index contributed by atoms with van der Waals surface area (Å²) >= 11 is 0. The van der Waals surface area contributed by atoms with Gasteiger partial charge in [-0.15, -0.1) is 0 Å². The summed E-state index contributed by atoms with van der Waals surface area (Å²) in [5.41, 5.74) is 3.31. The molecule has 1 aromatic carbocycles. The van der Waals surface area contributed by atoms with Crippen molar-refractivity contribution in [3.8, 4) is 17.1 Å². The minimum atomic E-state index is -0.0565.